The van der Waals surface area contributed by atoms with Crippen LogP contribution in [0.1, 0.15) is 37.7 Å². The molecule has 6 rings (SSSR count). The zero-order valence-corrected chi connectivity index (χ0v) is 19.7. The molecule has 3 amide bonds. The Labute approximate surface area is 204 Å². The quantitative estimate of drug-likeness (QED) is 0.481. The number of pyridine rings is 1. The maximum Gasteiger partial charge on any atom is 0.417 e. The molecule has 3 fully saturated rings. The van der Waals surface area contributed by atoms with E-state index in [-0.39, 0.29) is 12.2 Å². The van der Waals surface area contributed by atoms with Crippen molar-refractivity contribution in [3.63, 3.8) is 0 Å². The van der Waals surface area contributed by atoms with E-state index in [1.165, 1.54) is 11.2 Å². The molecule has 0 aromatic carbocycles. The molecule has 0 unspecified atom stereocenters. The number of rotatable bonds is 4. The van der Waals surface area contributed by atoms with E-state index >= 15 is 0 Å². The molecule has 1 saturated heterocycles. The van der Waals surface area contributed by atoms with E-state index < -0.39 is 34.8 Å². The first-order valence-corrected chi connectivity index (χ1v) is 11.7. The Balaban J connectivity index is 1.27. The van der Waals surface area contributed by atoms with E-state index in [4.69, 9.17) is 4.74 Å². The fourth-order valence-electron chi connectivity index (χ4n) is 5.65. The highest BCUT2D eigenvalue weighted by atomic mass is 79.9. The van der Waals surface area contributed by atoms with Crippen molar-refractivity contribution in [3.05, 3.63) is 41.0 Å². The molecular formula is C22H18BrF3N6O3. The summed E-state index contributed by atoms with van der Waals surface area (Å²) in [4.78, 5) is 43.8. The number of carbonyl (C=O) groups is 2. The maximum atomic E-state index is 13.3. The first kappa shape index (κ1) is 22.3. The van der Waals surface area contributed by atoms with Gasteiger partial charge < -0.3 is 9.72 Å². The number of imide groups is 1. The Morgan fingerprint density at radius 1 is 1.11 bits per heavy atom. The van der Waals surface area contributed by atoms with E-state index in [0.717, 1.165) is 21.6 Å². The van der Waals surface area contributed by atoms with Gasteiger partial charge in [-0.15, -0.1) is 0 Å². The Bertz CT molecular complexity index is 1370. The molecule has 3 aliphatic rings. The van der Waals surface area contributed by atoms with E-state index in [9.17, 15) is 22.8 Å². The number of H-pyrrole nitrogens is 1. The van der Waals surface area contributed by atoms with E-state index in [1.54, 1.807) is 6.20 Å². The molecule has 2 saturated carbocycles. The van der Waals surface area contributed by atoms with Gasteiger partial charge in [0.15, 0.2) is 0 Å². The summed E-state index contributed by atoms with van der Waals surface area (Å²) >= 11 is 3.47. The fraction of sp³-hybridized carbons (Fsp3) is 0.409. The molecule has 2 aliphatic carbocycles. The highest BCUT2D eigenvalue weighted by Gasteiger charge is 2.63. The number of amides is 3. The van der Waals surface area contributed by atoms with Gasteiger partial charge in [0.2, 0.25) is 5.88 Å². The minimum atomic E-state index is -4.61. The third-order valence-corrected chi connectivity index (χ3v) is 7.87. The summed E-state index contributed by atoms with van der Waals surface area (Å²) in [7, 11) is 0. The Kier molecular flexibility index (Phi) is 4.70. The summed E-state index contributed by atoms with van der Waals surface area (Å²) in [6.45, 7) is -0.333. The summed E-state index contributed by atoms with van der Waals surface area (Å²) in [6.07, 6.45) is 3.14. The predicted octanol–water partition coefficient (Wildman–Crippen LogP) is 4.44. The number of aromatic nitrogens is 4. The van der Waals surface area contributed by atoms with Crippen molar-refractivity contribution in [2.45, 2.75) is 49.4 Å². The number of aromatic amines is 1. The third-order valence-electron chi connectivity index (χ3n) is 7.25. The van der Waals surface area contributed by atoms with Crippen LogP contribution in [0.4, 0.5) is 23.7 Å². The number of ether oxygens (including phenoxy) is 1. The second-order valence-corrected chi connectivity index (χ2v) is 10.1. The summed E-state index contributed by atoms with van der Waals surface area (Å²) < 4.78 is 46.6. The highest BCUT2D eigenvalue weighted by Crippen LogP contribution is 2.56. The van der Waals surface area contributed by atoms with Crippen molar-refractivity contribution in [2.75, 3.05) is 11.4 Å². The second-order valence-electron chi connectivity index (χ2n) is 9.25. The molecule has 13 heteroatoms. The van der Waals surface area contributed by atoms with Gasteiger partial charge in [-0.1, -0.05) is 0 Å². The van der Waals surface area contributed by atoms with E-state index in [2.05, 4.69) is 35.9 Å². The average molecular weight is 551 g/mol. The fourth-order valence-corrected chi connectivity index (χ4v) is 6.12. The van der Waals surface area contributed by atoms with Crippen molar-refractivity contribution in [2.24, 2.45) is 0 Å². The number of nitrogens with zero attached hydrogens (tertiary/aromatic N) is 5. The molecule has 182 valence electrons. The van der Waals surface area contributed by atoms with Crippen LogP contribution in [-0.2, 0) is 11.0 Å². The number of hydrogen-bond acceptors (Lipinski definition) is 6. The molecule has 0 radical (unpaired) electrons. The normalized spacial score (nSPS) is 26.4. The van der Waals surface area contributed by atoms with Crippen LogP contribution >= 0.6 is 15.9 Å². The van der Waals surface area contributed by atoms with Crippen molar-refractivity contribution in [1.82, 2.24) is 24.8 Å². The Morgan fingerprint density at radius 3 is 2.63 bits per heavy atom. The second kappa shape index (κ2) is 7.39. The van der Waals surface area contributed by atoms with Crippen LogP contribution in [-0.4, -0.2) is 54.5 Å². The molecule has 1 aliphatic heterocycles. The van der Waals surface area contributed by atoms with Crippen molar-refractivity contribution < 1.29 is 27.5 Å². The number of carbonyl (C=O) groups excluding carboxylic acids is 2. The van der Waals surface area contributed by atoms with Crippen molar-refractivity contribution in [3.8, 4) is 5.88 Å². The lowest BCUT2D eigenvalue weighted by Gasteiger charge is -2.34. The number of fused-ring (bicyclic) bond motifs is 3. The van der Waals surface area contributed by atoms with E-state index in [1.807, 2.05) is 0 Å². The minimum Gasteiger partial charge on any atom is -0.470 e. The smallest absolute Gasteiger partial charge is 0.417 e. The SMILES string of the molecule is O=C1CN(c2cncc(C(F)(F)F)c2)C(=O)N1C12CCC(Oc3ncnc4[nH]cc(Br)c34)(CC1)C2. The maximum absolute atomic E-state index is 13.3. The lowest BCUT2D eigenvalue weighted by molar-refractivity contribution is -0.137. The van der Waals surface area contributed by atoms with Crippen molar-refractivity contribution >= 4 is 44.6 Å². The Hall–Kier alpha value is -3.22. The molecule has 4 heterocycles. The van der Waals surface area contributed by atoms with Gasteiger partial charge in [0.1, 0.15) is 24.1 Å². The minimum absolute atomic E-state index is 0.0590. The number of halogens is 4. The predicted molar refractivity (Wildman–Crippen MR) is 120 cm³/mol. The number of anilines is 1. The van der Waals surface area contributed by atoms with Crippen LogP contribution in [0.2, 0.25) is 0 Å². The molecular weight excluding hydrogens is 533 g/mol. The lowest BCUT2D eigenvalue weighted by Crippen LogP contribution is -2.49. The van der Waals surface area contributed by atoms with Crippen molar-refractivity contribution in [1.29, 1.82) is 0 Å². The Morgan fingerprint density at radius 2 is 1.89 bits per heavy atom. The molecule has 1 N–H and O–H groups in total. The van der Waals surface area contributed by atoms with Gasteiger partial charge in [0.05, 0.1) is 28.4 Å². The monoisotopic (exact) mass is 550 g/mol. The van der Waals surface area contributed by atoms with Crippen LogP contribution in [0.15, 0.2) is 35.5 Å². The van der Waals surface area contributed by atoms with Gasteiger partial charge in [-0.25, -0.2) is 14.8 Å². The molecule has 9 nitrogen and oxygen atoms in total. The zero-order chi connectivity index (χ0) is 24.6. The van der Waals surface area contributed by atoms with Crippen LogP contribution in [0, 0.1) is 0 Å². The van der Waals surface area contributed by atoms with Crippen LogP contribution in [0.3, 0.4) is 0 Å². The molecule has 0 spiro atoms. The van der Waals surface area contributed by atoms with Crippen LogP contribution in [0.25, 0.3) is 11.0 Å². The molecule has 35 heavy (non-hydrogen) atoms. The first-order chi connectivity index (χ1) is 16.6. The van der Waals surface area contributed by atoms with Crippen LogP contribution in [0.5, 0.6) is 5.88 Å². The zero-order valence-electron chi connectivity index (χ0n) is 18.1. The van der Waals surface area contributed by atoms with Gasteiger partial charge in [-0.05, 0) is 47.7 Å². The van der Waals surface area contributed by atoms with Crippen LogP contribution < -0.4 is 9.64 Å². The average Bonchev–Trinajstić information content (AvgIpc) is 3.55. The summed E-state index contributed by atoms with van der Waals surface area (Å²) in [5.41, 5.74) is -1.77. The van der Waals surface area contributed by atoms with Gasteiger partial charge in [0.25, 0.3) is 5.91 Å². The van der Waals surface area contributed by atoms with E-state index in [0.29, 0.717) is 55.2 Å². The number of alkyl halides is 3. The van der Waals surface area contributed by atoms with Gasteiger partial charge in [-0.2, -0.15) is 13.2 Å². The number of hydrogen-bond donors (Lipinski definition) is 1. The summed E-state index contributed by atoms with van der Waals surface area (Å²) in [5.74, 6) is -0.0283. The molecule has 0 atom stereocenters. The van der Waals surface area contributed by atoms with Gasteiger partial charge in [-0.3, -0.25) is 19.6 Å². The number of urea groups is 1. The topological polar surface area (TPSA) is 104 Å². The van der Waals surface area contributed by atoms with Gasteiger partial charge >= 0.3 is 12.2 Å². The number of nitrogens with one attached hydrogen (secondary N) is 1. The largest absolute Gasteiger partial charge is 0.470 e. The molecule has 3 aromatic rings. The third kappa shape index (κ3) is 3.39. The summed E-state index contributed by atoms with van der Waals surface area (Å²) in [5, 5.41) is 0.711. The summed E-state index contributed by atoms with van der Waals surface area (Å²) in [6, 6.07) is 0.206. The highest BCUT2D eigenvalue weighted by molar-refractivity contribution is 9.10. The first-order valence-electron chi connectivity index (χ1n) is 10.9. The lowest BCUT2D eigenvalue weighted by atomic mass is 9.91. The standard InChI is InChI=1S/C22H18BrF3N6O3/c23-14-8-28-17-16(14)18(30-11-29-17)35-21-3-1-20(10-21,2-4-21)32-15(33)9-31(19(32)34)13-5-12(6-27-7-13)22(24,25)26/h5-8,11H,1-4,9-10H2,(H,28,29,30). The molecule has 2 bridgehead atoms. The molecule has 3 aromatic heterocycles. The van der Waals surface area contributed by atoms with Gasteiger partial charge in [0, 0.05) is 23.3 Å².